The van der Waals surface area contributed by atoms with Gasteiger partial charge in [0.2, 0.25) is 0 Å². The number of thiazole rings is 1. The Morgan fingerprint density at radius 1 is 1.57 bits per heavy atom. The second-order valence-electron chi connectivity index (χ2n) is 3.24. The van der Waals surface area contributed by atoms with Crippen LogP contribution in [0.3, 0.4) is 0 Å². The molecule has 0 saturated carbocycles. The number of hydrogen-bond acceptors (Lipinski definition) is 3. The second-order valence-corrected chi connectivity index (χ2v) is 4.47. The van der Waals surface area contributed by atoms with Gasteiger partial charge in [-0.15, -0.1) is 11.3 Å². The van der Waals surface area contributed by atoms with Gasteiger partial charge < -0.3 is 9.88 Å². The number of rotatable bonds is 3. The first kappa shape index (κ1) is 9.27. The van der Waals surface area contributed by atoms with Gasteiger partial charge in [-0.05, 0) is 19.1 Å². The molecule has 2 aromatic rings. The molecule has 2 rings (SSSR count). The normalized spacial score (nSPS) is 10.4. The average Bonchev–Trinajstić information content (AvgIpc) is 2.72. The molecule has 0 radical (unpaired) electrons. The Balaban J connectivity index is 1.98. The highest BCUT2D eigenvalue weighted by atomic mass is 32.1. The SMILES string of the molecule is Cc1cnc(NCc2cccn2C)s1. The molecule has 0 fully saturated rings. The smallest absolute Gasteiger partial charge is 0.183 e. The lowest BCUT2D eigenvalue weighted by molar-refractivity contribution is 0.842. The lowest BCUT2D eigenvalue weighted by Gasteiger charge is -2.03. The largest absolute Gasteiger partial charge is 0.356 e. The maximum absolute atomic E-state index is 4.24. The summed E-state index contributed by atoms with van der Waals surface area (Å²) in [6, 6.07) is 4.15. The molecule has 2 heterocycles. The molecule has 0 bridgehead atoms. The highest BCUT2D eigenvalue weighted by Crippen LogP contribution is 2.17. The number of nitrogens with zero attached hydrogens (tertiary/aromatic N) is 2. The molecule has 0 aliphatic heterocycles. The van der Waals surface area contributed by atoms with Crippen LogP contribution in [0, 0.1) is 6.92 Å². The number of anilines is 1. The first-order chi connectivity index (χ1) is 6.75. The molecular weight excluding hydrogens is 194 g/mol. The average molecular weight is 207 g/mol. The summed E-state index contributed by atoms with van der Waals surface area (Å²) in [4.78, 5) is 5.48. The predicted octanol–water partition coefficient (Wildman–Crippen LogP) is 2.40. The molecule has 1 N–H and O–H groups in total. The van der Waals surface area contributed by atoms with Crippen molar-refractivity contribution < 1.29 is 0 Å². The van der Waals surface area contributed by atoms with Gasteiger partial charge in [0.05, 0.1) is 6.54 Å². The molecule has 0 unspecified atom stereocenters. The zero-order valence-corrected chi connectivity index (χ0v) is 9.14. The number of hydrogen-bond donors (Lipinski definition) is 1. The summed E-state index contributed by atoms with van der Waals surface area (Å²) in [7, 11) is 2.05. The van der Waals surface area contributed by atoms with Crippen molar-refractivity contribution in [3.05, 3.63) is 35.1 Å². The first-order valence-electron chi connectivity index (χ1n) is 4.52. The molecule has 0 amide bonds. The molecule has 0 aliphatic carbocycles. The quantitative estimate of drug-likeness (QED) is 0.837. The lowest BCUT2D eigenvalue weighted by Crippen LogP contribution is -2.03. The van der Waals surface area contributed by atoms with Gasteiger partial charge in [0.1, 0.15) is 0 Å². The van der Waals surface area contributed by atoms with Gasteiger partial charge in [-0.25, -0.2) is 4.98 Å². The molecule has 2 aromatic heterocycles. The Kier molecular flexibility index (Phi) is 2.54. The van der Waals surface area contributed by atoms with E-state index in [9.17, 15) is 0 Å². The van der Waals surface area contributed by atoms with E-state index >= 15 is 0 Å². The third-order valence-corrected chi connectivity index (χ3v) is 2.96. The van der Waals surface area contributed by atoms with E-state index in [4.69, 9.17) is 0 Å². The van der Waals surface area contributed by atoms with E-state index in [1.807, 2.05) is 25.5 Å². The predicted molar refractivity (Wildman–Crippen MR) is 59.6 cm³/mol. The topological polar surface area (TPSA) is 29.9 Å². The molecule has 4 heteroatoms. The minimum atomic E-state index is 0.830. The molecule has 0 saturated heterocycles. The maximum atomic E-state index is 4.24. The Bertz CT molecular complexity index is 416. The number of aryl methyl sites for hydroxylation is 2. The standard InChI is InChI=1S/C10H13N3S/c1-8-6-11-10(14-8)12-7-9-4-3-5-13(9)2/h3-6H,7H2,1-2H3,(H,11,12). The Morgan fingerprint density at radius 3 is 3.00 bits per heavy atom. The van der Waals surface area contributed by atoms with Crippen molar-refractivity contribution in [2.24, 2.45) is 7.05 Å². The van der Waals surface area contributed by atoms with E-state index in [0.717, 1.165) is 11.7 Å². The van der Waals surface area contributed by atoms with Crippen LogP contribution in [0.4, 0.5) is 5.13 Å². The molecule has 0 aromatic carbocycles. The summed E-state index contributed by atoms with van der Waals surface area (Å²) in [6.07, 6.45) is 3.93. The van der Waals surface area contributed by atoms with Gasteiger partial charge in [0.15, 0.2) is 5.13 Å². The number of nitrogens with one attached hydrogen (secondary N) is 1. The van der Waals surface area contributed by atoms with Crippen molar-refractivity contribution in [2.75, 3.05) is 5.32 Å². The molecular formula is C10H13N3S. The minimum absolute atomic E-state index is 0.830. The van der Waals surface area contributed by atoms with Crippen LogP contribution in [0.1, 0.15) is 10.6 Å². The van der Waals surface area contributed by atoms with Crippen LogP contribution in [0.15, 0.2) is 24.5 Å². The van der Waals surface area contributed by atoms with Crippen molar-refractivity contribution >= 4 is 16.5 Å². The molecule has 3 nitrogen and oxygen atoms in total. The number of aromatic nitrogens is 2. The highest BCUT2D eigenvalue weighted by molar-refractivity contribution is 7.15. The minimum Gasteiger partial charge on any atom is -0.356 e. The fraction of sp³-hybridized carbons (Fsp3) is 0.300. The lowest BCUT2D eigenvalue weighted by atomic mass is 10.4. The van der Waals surface area contributed by atoms with Gasteiger partial charge in [-0.1, -0.05) is 0 Å². The van der Waals surface area contributed by atoms with Gasteiger partial charge in [0.25, 0.3) is 0 Å². The fourth-order valence-electron chi connectivity index (χ4n) is 1.28. The summed E-state index contributed by atoms with van der Waals surface area (Å²) in [5.41, 5.74) is 1.26. The zero-order valence-electron chi connectivity index (χ0n) is 8.32. The molecule has 0 aliphatic rings. The summed E-state index contributed by atoms with van der Waals surface area (Å²) in [5, 5.41) is 4.28. The van der Waals surface area contributed by atoms with Gasteiger partial charge >= 0.3 is 0 Å². The van der Waals surface area contributed by atoms with E-state index in [1.54, 1.807) is 11.3 Å². The third kappa shape index (κ3) is 1.96. The van der Waals surface area contributed by atoms with E-state index < -0.39 is 0 Å². The van der Waals surface area contributed by atoms with Crippen molar-refractivity contribution in [3.63, 3.8) is 0 Å². The third-order valence-electron chi connectivity index (χ3n) is 2.09. The summed E-state index contributed by atoms with van der Waals surface area (Å²) < 4.78 is 2.10. The summed E-state index contributed by atoms with van der Waals surface area (Å²) in [5.74, 6) is 0. The molecule has 0 atom stereocenters. The van der Waals surface area contributed by atoms with E-state index in [-0.39, 0.29) is 0 Å². The van der Waals surface area contributed by atoms with Crippen LogP contribution in [-0.2, 0) is 13.6 Å². The Labute approximate surface area is 87.4 Å². The molecule has 14 heavy (non-hydrogen) atoms. The van der Waals surface area contributed by atoms with Crippen LogP contribution in [0.25, 0.3) is 0 Å². The summed E-state index contributed by atoms with van der Waals surface area (Å²) >= 11 is 1.68. The monoisotopic (exact) mass is 207 g/mol. The van der Waals surface area contributed by atoms with Crippen molar-refractivity contribution in [3.8, 4) is 0 Å². The Morgan fingerprint density at radius 2 is 2.43 bits per heavy atom. The molecule has 0 spiro atoms. The fourth-order valence-corrected chi connectivity index (χ4v) is 1.94. The van der Waals surface area contributed by atoms with Crippen LogP contribution >= 0.6 is 11.3 Å². The van der Waals surface area contributed by atoms with E-state index in [1.165, 1.54) is 10.6 Å². The first-order valence-corrected chi connectivity index (χ1v) is 5.34. The van der Waals surface area contributed by atoms with Crippen LogP contribution in [0.2, 0.25) is 0 Å². The van der Waals surface area contributed by atoms with Crippen LogP contribution < -0.4 is 5.32 Å². The van der Waals surface area contributed by atoms with Crippen molar-refractivity contribution in [1.82, 2.24) is 9.55 Å². The van der Waals surface area contributed by atoms with Gasteiger partial charge in [0, 0.05) is 30.0 Å². The van der Waals surface area contributed by atoms with Gasteiger partial charge in [-0.2, -0.15) is 0 Å². The summed E-state index contributed by atoms with van der Waals surface area (Å²) in [6.45, 7) is 2.89. The molecule has 74 valence electrons. The zero-order chi connectivity index (χ0) is 9.97. The Hall–Kier alpha value is -1.29. The van der Waals surface area contributed by atoms with Crippen molar-refractivity contribution in [2.45, 2.75) is 13.5 Å². The highest BCUT2D eigenvalue weighted by Gasteiger charge is 1.99. The van der Waals surface area contributed by atoms with Crippen LogP contribution in [0.5, 0.6) is 0 Å². The van der Waals surface area contributed by atoms with Gasteiger partial charge in [-0.3, -0.25) is 0 Å². The maximum Gasteiger partial charge on any atom is 0.183 e. The van der Waals surface area contributed by atoms with Crippen molar-refractivity contribution in [1.29, 1.82) is 0 Å². The van der Waals surface area contributed by atoms with E-state index in [0.29, 0.717) is 0 Å². The van der Waals surface area contributed by atoms with Crippen LogP contribution in [-0.4, -0.2) is 9.55 Å². The second kappa shape index (κ2) is 3.84. The van der Waals surface area contributed by atoms with E-state index in [2.05, 4.69) is 27.9 Å².